The topological polar surface area (TPSA) is 59.5 Å². The lowest BCUT2D eigenvalue weighted by molar-refractivity contribution is 0.394. The van der Waals surface area contributed by atoms with Crippen LogP contribution < -0.4 is 19.7 Å². The SMILES string of the molecule is COc1cc(NC2CCCN(c3cc(Cl)nc(C)n3)C2)cc(OC)c1. The lowest BCUT2D eigenvalue weighted by Crippen LogP contribution is -2.42. The van der Waals surface area contributed by atoms with Crippen LogP contribution in [0.1, 0.15) is 18.7 Å². The molecule has 0 bridgehead atoms. The first-order valence-electron chi connectivity index (χ1n) is 8.33. The fourth-order valence-electron chi connectivity index (χ4n) is 3.11. The van der Waals surface area contributed by atoms with E-state index in [9.17, 15) is 0 Å². The van der Waals surface area contributed by atoms with Crippen LogP contribution in [-0.4, -0.2) is 43.3 Å². The van der Waals surface area contributed by atoms with E-state index in [2.05, 4.69) is 20.2 Å². The van der Waals surface area contributed by atoms with Gasteiger partial charge in [0.15, 0.2) is 0 Å². The predicted molar refractivity (Wildman–Crippen MR) is 100 cm³/mol. The second-order valence-corrected chi connectivity index (χ2v) is 6.51. The molecule has 0 aliphatic carbocycles. The largest absolute Gasteiger partial charge is 0.497 e. The molecule has 1 aromatic heterocycles. The highest BCUT2D eigenvalue weighted by Gasteiger charge is 2.22. The first-order valence-corrected chi connectivity index (χ1v) is 8.71. The molecule has 1 aliphatic heterocycles. The Bertz CT molecular complexity index is 699. The maximum absolute atomic E-state index is 6.08. The van der Waals surface area contributed by atoms with Gasteiger partial charge in [0.25, 0.3) is 0 Å². The molecular formula is C18H23ClN4O2. The van der Waals surface area contributed by atoms with Gasteiger partial charge < -0.3 is 19.7 Å². The number of aromatic nitrogens is 2. The number of aryl methyl sites for hydroxylation is 1. The minimum Gasteiger partial charge on any atom is -0.497 e. The number of rotatable bonds is 5. The highest BCUT2D eigenvalue weighted by Crippen LogP contribution is 2.28. The first kappa shape index (κ1) is 17.6. The Morgan fingerprint density at radius 2 is 1.84 bits per heavy atom. The van der Waals surface area contributed by atoms with E-state index in [0.717, 1.165) is 48.9 Å². The molecule has 1 atom stereocenters. The number of piperidine rings is 1. The van der Waals surface area contributed by atoms with Crippen molar-refractivity contribution in [2.24, 2.45) is 0 Å². The van der Waals surface area contributed by atoms with Gasteiger partial charge in [-0.25, -0.2) is 9.97 Å². The zero-order chi connectivity index (χ0) is 17.8. The summed E-state index contributed by atoms with van der Waals surface area (Å²) in [4.78, 5) is 10.9. The van der Waals surface area contributed by atoms with Gasteiger partial charge in [-0.3, -0.25) is 0 Å². The molecule has 1 saturated heterocycles. The Balaban J connectivity index is 1.73. The molecule has 0 saturated carbocycles. The van der Waals surface area contributed by atoms with E-state index in [1.165, 1.54) is 0 Å². The Kier molecular flexibility index (Phi) is 5.48. The van der Waals surface area contributed by atoms with Crippen LogP contribution in [0.2, 0.25) is 5.15 Å². The zero-order valence-electron chi connectivity index (χ0n) is 14.8. The molecule has 3 rings (SSSR count). The van der Waals surface area contributed by atoms with Crippen LogP contribution in [0.5, 0.6) is 11.5 Å². The number of halogens is 1. The molecule has 25 heavy (non-hydrogen) atoms. The quantitative estimate of drug-likeness (QED) is 0.821. The highest BCUT2D eigenvalue weighted by atomic mass is 35.5. The van der Waals surface area contributed by atoms with Crippen molar-refractivity contribution in [3.8, 4) is 11.5 Å². The van der Waals surface area contributed by atoms with E-state index < -0.39 is 0 Å². The van der Waals surface area contributed by atoms with Gasteiger partial charge in [0, 0.05) is 49.1 Å². The summed E-state index contributed by atoms with van der Waals surface area (Å²) in [5.41, 5.74) is 0.986. The predicted octanol–water partition coefficient (Wildman–Crippen LogP) is 3.54. The van der Waals surface area contributed by atoms with Crippen molar-refractivity contribution in [2.45, 2.75) is 25.8 Å². The third-order valence-electron chi connectivity index (χ3n) is 4.26. The number of anilines is 2. The molecule has 2 heterocycles. The van der Waals surface area contributed by atoms with E-state index in [1.807, 2.05) is 31.2 Å². The number of hydrogen-bond donors (Lipinski definition) is 1. The third-order valence-corrected chi connectivity index (χ3v) is 4.45. The fraction of sp³-hybridized carbons (Fsp3) is 0.444. The standard InChI is InChI=1S/C18H23ClN4O2/c1-12-20-17(19)10-18(21-12)23-6-4-5-13(11-23)22-14-7-15(24-2)9-16(8-14)25-3/h7-10,13,22H,4-6,11H2,1-3H3. The van der Waals surface area contributed by atoms with Crippen LogP contribution in [0, 0.1) is 6.92 Å². The molecule has 2 aromatic rings. The van der Waals surface area contributed by atoms with Gasteiger partial charge in [0.1, 0.15) is 28.3 Å². The Labute approximate surface area is 153 Å². The molecule has 0 radical (unpaired) electrons. The van der Waals surface area contributed by atoms with Crippen molar-refractivity contribution in [1.82, 2.24) is 9.97 Å². The normalized spacial score (nSPS) is 17.3. The number of benzene rings is 1. The molecular weight excluding hydrogens is 340 g/mol. The second kappa shape index (κ2) is 7.78. The number of nitrogens with one attached hydrogen (secondary N) is 1. The van der Waals surface area contributed by atoms with Crippen molar-refractivity contribution in [3.63, 3.8) is 0 Å². The van der Waals surface area contributed by atoms with Crippen LogP contribution in [0.3, 0.4) is 0 Å². The second-order valence-electron chi connectivity index (χ2n) is 6.13. The molecule has 0 amide bonds. The molecule has 1 fully saturated rings. The van der Waals surface area contributed by atoms with Crippen LogP contribution >= 0.6 is 11.6 Å². The number of nitrogens with zero attached hydrogens (tertiary/aromatic N) is 3. The maximum Gasteiger partial charge on any atom is 0.134 e. The average molecular weight is 363 g/mol. The zero-order valence-corrected chi connectivity index (χ0v) is 15.5. The number of methoxy groups -OCH3 is 2. The van der Waals surface area contributed by atoms with Gasteiger partial charge in [-0.05, 0) is 19.8 Å². The van der Waals surface area contributed by atoms with Gasteiger partial charge in [-0.1, -0.05) is 11.6 Å². The van der Waals surface area contributed by atoms with Crippen molar-refractivity contribution < 1.29 is 9.47 Å². The molecule has 134 valence electrons. The van der Waals surface area contributed by atoms with E-state index in [4.69, 9.17) is 21.1 Å². The van der Waals surface area contributed by atoms with Crippen LogP contribution in [-0.2, 0) is 0 Å². The van der Waals surface area contributed by atoms with Crippen molar-refractivity contribution in [2.75, 3.05) is 37.5 Å². The summed E-state index contributed by atoms with van der Waals surface area (Å²) < 4.78 is 10.7. The van der Waals surface area contributed by atoms with E-state index >= 15 is 0 Å². The van der Waals surface area contributed by atoms with E-state index in [1.54, 1.807) is 14.2 Å². The monoisotopic (exact) mass is 362 g/mol. The van der Waals surface area contributed by atoms with Crippen molar-refractivity contribution in [1.29, 1.82) is 0 Å². The Morgan fingerprint density at radius 1 is 1.12 bits per heavy atom. The van der Waals surface area contributed by atoms with Crippen LogP contribution in [0.4, 0.5) is 11.5 Å². The summed E-state index contributed by atoms with van der Waals surface area (Å²) >= 11 is 6.08. The van der Waals surface area contributed by atoms with Gasteiger partial charge in [0.2, 0.25) is 0 Å². The minimum absolute atomic E-state index is 0.305. The molecule has 1 aliphatic rings. The molecule has 6 nitrogen and oxygen atoms in total. The number of hydrogen-bond acceptors (Lipinski definition) is 6. The maximum atomic E-state index is 6.08. The summed E-state index contributed by atoms with van der Waals surface area (Å²) in [7, 11) is 3.31. The molecule has 1 aromatic carbocycles. The summed E-state index contributed by atoms with van der Waals surface area (Å²) in [6, 6.07) is 7.95. The van der Waals surface area contributed by atoms with Crippen LogP contribution in [0.25, 0.3) is 0 Å². The smallest absolute Gasteiger partial charge is 0.134 e. The molecule has 0 spiro atoms. The minimum atomic E-state index is 0.305. The van der Waals surface area contributed by atoms with E-state index in [-0.39, 0.29) is 0 Å². The van der Waals surface area contributed by atoms with Gasteiger partial charge in [-0.15, -0.1) is 0 Å². The van der Waals surface area contributed by atoms with Crippen molar-refractivity contribution in [3.05, 3.63) is 35.2 Å². The summed E-state index contributed by atoms with van der Waals surface area (Å²) in [5.74, 6) is 3.11. The lowest BCUT2D eigenvalue weighted by atomic mass is 10.1. The summed E-state index contributed by atoms with van der Waals surface area (Å²) in [6.45, 7) is 3.68. The summed E-state index contributed by atoms with van der Waals surface area (Å²) in [5, 5.41) is 4.06. The van der Waals surface area contributed by atoms with Gasteiger partial charge in [0.05, 0.1) is 14.2 Å². The molecule has 7 heteroatoms. The Morgan fingerprint density at radius 3 is 2.48 bits per heavy atom. The fourth-order valence-corrected chi connectivity index (χ4v) is 3.33. The van der Waals surface area contributed by atoms with E-state index in [0.29, 0.717) is 17.0 Å². The number of ether oxygens (including phenoxy) is 2. The molecule has 1 N–H and O–H groups in total. The summed E-state index contributed by atoms with van der Waals surface area (Å²) in [6.07, 6.45) is 2.17. The molecule has 1 unspecified atom stereocenters. The van der Waals surface area contributed by atoms with Gasteiger partial charge in [-0.2, -0.15) is 0 Å². The van der Waals surface area contributed by atoms with Crippen LogP contribution in [0.15, 0.2) is 24.3 Å². The lowest BCUT2D eigenvalue weighted by Gasteiger charge is -2.34. The average Bonchev–Trinajstić information content (AvgIpc) is 2.60. The Hall–Kier alpha value is -2.21. The first-order chi connectivity index (χ1) is 12.1. The third kappa shape index (κ3) is 4.45. The van der Waals surface area contributed by atoms with Crippen molar-refractivity contribution >= 4 is 23.1 Å². The highest BCUT2D eigenvalue weighted by molar-refractivity contribution is 6.29. The van der Waals surface area contributed by atoms with Gasteiger partial charge >= 0.3 is 0 Å².